The van der Waals surface area contributed by atoms with E-state index >= 15 is 0 Å². The van der Waals surface area contributed by atoms with Gasteiger partial charge in [0, 0.05) is 17.0 Å². The van der Waals surface area contributed by atoms with E-state index in [1.165, 1.54) is 12.8 Å². The van der Waals surface area contributed by atoms with Crippen molar-refractivity contribution in [1.82, 2.24) is 0 Å². The lowest BCUT2D eigenvalue weighted by Crippen LogP contribution is -2.47. The van der Waals surface area contributed by atoms with Crippen LogP contribution in [0.3, 0.4) is 0 Å². The second kappa shape index (κ2) is 4.39. The van der Waals surface area contributed by atoms with Gasteiger partial charge < -0.3 is 9.84 Å². The summed E-state index contributed by atoms with van der Waals surface area (Å²) in [6, 6.07) is 5.55. The van der Waals surface area contributed by atoms with E-state index in [1.54, 1.807) is 0 Å². The number of benzene rings is 1. The zero-order valence-corrected chi connectivity index (χ0v) is 12.3. The summed E-state index contributed by atoms with van der Waals surface area (Å²) in [5.74, 6) is 0.806. The van der Waals surface area contributed by atoms with Gasteiger partial charge in [0.05, 0.1) is 6.10 Å². The van der Waals surface area contributed by atoms with Gasteiger partial charge in [0.15, 0.2) is 0 Å². The first-order valence-corrected chi connectivity index (χ1v) is 7.44. The van der Waals surface area contributed by atoms with Crippen LogP contribution in [0, 0.1) is 5.41 Å². The van der Waals surface area contributed by atoms with Crippen molar-refractivity contribution >= 4 is 11.6 Å². The molecule has 1 unspecified atom stereocenters. The molecule has 1 fully saturated rings. The molecule has 1 aromatic carbocycles. The second-order valence-corrected chi connectivity index (χ2v) is 7.32. The Labute approximate surface area is 119 Å². The molecule has 0 saturated heterocycles. The molecule has 3 rings (SSSR count). The number of rotatable bonds is 0. The fraction of sp³-hybridized carbons (Fsp3) is 0.625. The molecule has 1 aliphatic carbocycles. The molecule has 1 aromatic rings. The minimum Gasteiger partial charge on any atom is -0.487 e. The lowest BCUT2D eigenvalue weighted by molar-refractivity contribution is -0.0676. The summed E-state index contributed by atoms with van der Waals surface area (Å²) in [5.41, 5.74) is 0.936. The lowest BCUT2D eigenvalue weighted by atomic mass is 9.67. The van der Waals surface area contributed by atoms with Gasteiger partial charge in [0.1, 0.15) is 11.4 Å². The molecule has 2 nitrogen and oxygen atoms in total. The number of hydrogen-bond donors (Lipinski definition) is 1. The summed E-state index contributed by atoms with van der Waals surface area (Å²) in [6.07, 6.45) is 4.68. The van der Waals surface area contributed by atoms with E-state index in [2.05, 4.69) is 13.8 Å². The van der Waals surface area contributed by atoms with Crippen LogP contribution in [-0.4, -0.2) is 10.7 Å². The molecule has 1 N–H and O–H groups in total. The molecule has 0 radical (unpaired) electrons. The van der Waals surface area contributed by atoms with Crippen LogP contribution in [0.15, 0.2) is 18.2 Å². The third kappa shape index (κ3) is 2.48. The smallest absolute Gasteiger partial charge is 0.126 e. The van der Waals surface area contributed by atoms with Gasteiger partial charge in [-0.15, -0.1) is 0 Å². The summed E-state index contributed by atoms with van der Waals surface area (Å²) in [5, 5.41) is 11.1. The van der Waals surface area contributed by atoms with Crippen LogP contribution in [0.4, 0.5) is 0 Å². The minimum absolute atomic E-state index is 0.192. The number of aliphatic hydroxyl groups is 1. The van der Waals surface area contributed by atoms with Gasteiger partial charge in [-0.1, -0.05) is 25.4 Å². The van der Waals surface area contributed by atoms with E-state index in [0.717, 1.165) is 24.2 Å². The fourth-order valence-corrected chi connectivity index (χ4v) is 3.99. The van der Waals surface area contributed by atoms with Crippen molar-refractivity contribution < 1.29 is 9.84 Å². The first-order valence-electron chi connectivity index (χ1n) is 7.06. The van der Waals surface area contributed by atoms with Gasteiger partial charge in [-0.25, -0.2) is 0 Å². The van der Waals surface area contributed by atoms with Crippen LogP contribution >= 0.6 is 11.6 Å². The van der Waals surface area contributed by atoms with Crippen molar-refractivity contribution in [3.63, 3.8) is 0 Å². The van der Waals surface area contributed by atoms with E-state index in [9.17, 15) is 5.11 Å². The first-order chi connectivity index (χ1) is 8.89. The van der Waals surface area contributed by atoms with Crippen molar-refractivity contribution in [2.45, 2.75) is 57.7 Å². The van der Waals surface area contributed by atoms with Crippen molar-refractivity contribution in [3.05, 3.63) is 28.8 Å². The van der Waals surface area contributed by atoms with Crippen molar-refractivity contribution in [1.29, 1.82) is 0 Å². The highest BCUT2D eigenvalue weighted by Gasteiger charge is 2.46. The van der Waals surface area contributed by atoms with E-state index < -0.39 is 6.10 Å². The summed E-state index contributed by atoms with van der Waals surface area (Å²) >= 11 is 6.00. The highest BCUT2D eigenvalue weighted by atomic mass is 35.5. The molecule has 2 atom stereocenters. The van der Waals surface area contributed by atoms with Crippen LogP contribution in [0.1, 0.15) is 57.6 Å². The van der Waals surface area contributed by atoms with Crippen LogP contribution < -0.4 is 4.74 Å². The zero-order valence-electron chi connectivity index (χ0n) is 11.6. The largest absolute Gasteiger partial charge is 0.487 e. The Bertz CT molecular complexity index is 498. The van der Waals surface area contributed by atoms with Crippen LogP contribution in [0.5, 0.6) is 5.75 Å². The number of aliphatic hydroxyl groups excluding tert-OH is 1. The molecule has 2 aliphatic rings. The average molecular weight is 281 g/mol. The summed E-state index contributed by atoms with van der Waals surface area (Å²) in [4.78, 5) is 0. The Kier molecular flexibility index (Phi) is 3.06. The van der Waals surface area contributed by atoms with Gasteiger partial charge in [-0.2, -0.15) is 0 Å². The highest BCUT2D eigenvalue weighted by molar-refractivity contribution is 6.30. The molecule has 1 spiro atoms. The Balaban J connectivity index is 1.94. The Morgan fingerprint density at radius 3 is 2.84 bits per heavy atom. The normalized spacial score (nSPS) is 32.7. The van der Waals surface area contributed by atoms with Gasteiger partial charge in [0.25, 0.3) is 0 Å². The maximum absolute atomic E-state index is 10.4. The van der Waals surface area contributed by atoms with E-state index in [1.807, 2.05) is 18.2 Å². The summed E-state index contributed by atoms with van der Waals surface area (Å²) in [6.45, 7) is 4.59. The van der Waals surface area contributed by atoms with Gasteiger partial charge in [-0.3, -0.25) is 0 Å². The maximum atomic E-state index is 10.4. The van der Waals surface area contributed by atoms with E-state index in [-0.39, 0.29) is 5.60 Å². The monoisotopic (exact) mass is 280 g/mol. The molecule has 1 saturated carbocycles. The second-order valence-electron chi connectivity index (χ2n) is 6.88. The lowest BCUT2D eigenvalue weighted by Gasteiger charge is -2.48. The van der Waals surface area contributed by atoms with Crippen LogP contribution in [-0.2, 0) is 0 Å². The van der Waals surface area contributed by atoms with Crippen LogP contribution in [0.25, 0.3) is 0 Å². The Hall–Kier alpha value is -0.730. The Morgan fingerprint density at radius 1 is 1.32 bits per heavy atom. The van der Waals surface area contributed by atoms with Gasteiger partial charge in [-0.05, 0) is 49.3 Å². The van der Waals surface area contributed by atoms with Gasteiger partial charge >= 0.3 is 0 Å². The fourth-order valence-electron chi connectivity index (χ4n) is 3.81. The molecule has 1 heterocycles. The van der Waals surface area contributed by atoms with E-state index in [4.69, 9.17) is 16.3 Å². The zero-order chi connectivity index (χ0) is 13.7. The first kappa shape index (κ1) is 13.3. The molecular formula is C16H21ClO2. The quantitative estimate of drug-likeness (QED) is 0.758. The van der Waals surface area contributed by atoms with Crippen molar-refractivity contribution in [3.8, 4) is 5.75 Å². The average Bonchev–Trinajstić information content (AvgIpc) is 2.29. The summed E-state index contributed by atoms with van der Waals surface area (Å²) < 4.78 is 6.30. The molecule has 104 valence electrons. The molecule has 0 amide bonds. The number of hydrogen-bond acceptors (Lipinski definition) is 2. The number of fused-ring (bicyclic) bond motifs is 1. The molecule has 1 aliphatic heterocycles. The number of ether oxygens (including phenoxy) is 1. The van der Waals surface area contributed by atoms with Gasteiger partial charge in [0.2, 0.25) is 0 Å². The predicted molar refractivity (Wildman–Crippen MR) is 76.6 cm³/mol. The molecule has 3 heteroatoms. The van der Waals surface area contributed by atoms with Crippen molar-refractivity contribution in [2.24, 2.45) is 5.41 Å². The highest BCUT2D eigenvalue weighted by Crippen LogP contribution is 2.51. The molecule has 19 heavy (non-hydrogen) atoms. The predicted octanol–water partition coefficient (Wildman–Crippen LogP) is 4.49. The number of halogens is 1. The minimum atomic E-state index is -0.462. The van der Waals surface area contributed by atoms with Crippen LogP contribution in [0.2, 0.25) is 5.02 Å². The van der Waals surface area contributed by atoms with E-state index in [0.29, 0.717) is 16.9 Å². The summed E-state index contributed by atoms with van der Waals surface area (Å²) in [7, 11) is 0. The third-order valence-electron chi connectivity index (χ3n) is 4.51. The third-order valence-corrected chi connectivity index (χ3v) is 4.74. The maximum Gasteiger partial charge on any atom is 0.126 e. The molecule has 0 bridgehead atoms. The molecule has 0 aromatic heterocycles. The standard InChI is InChI=1S/C16H21ClO2/c1-15(2)6-3-7-16(10-15)9-13(18)12-8-11(17)4-5-14(12)19-16/h4-5,8,13,18H,3,6-7,9-10H2,1-2H3/t13-,16?/m0/s1. The molecular weight excluding hydrogens is 260 g/mol. The Morgan fingerprint density at radius 2 is 2.11 bits per heavy atom. The SMILES string of the molecule is CC1(C)CCCC2(C[C@H](O)c3cc(Cl)ccc3O2)C1. The van der Waals surface area contributed by atoms with Crippen molar-refractivity contribution in [2.75, 3.05) is 0 Å². The topological polar surface area (TPSA) is 29.5 Å².